The summed E-state index contributed by atoms with van der Waals surface area (Å²) in [6, 6.07) is 15.9. The third-order valence-electron chi connectivity index (χ3n) is 3.87. The summed E-state index contributed by atoms with van der Waals surface area (Å²) in [5.41, 5.74) is 5.29. The van der Waals surface area contributed by atoms with Crippen LogP contribution >= 0.6 is 0 Å². The van der Waals surface area contributed by atoms with Crippen LogP contribution in [0.2, 0.25) is 0 Å². The maximum atomic E-state index is 12.8. The van der Waals surface area contributed by atoms with Crippen LogP contribution in [0.15, 0.2) is 54.6 Å². The molecule has 1 atom stereocenters. The van der Waals surface area contributed by atoms with Gasteiger partial charge in [0, 0.05) is 0 Å². The van der Waals surface area contributed by atoms with Crippen molar-refractivity contribution in [2.45, 2.75) is 13.0 Å². The van der Waals surface area contributed by atoms with E-state index >= 15 is 0 Å². The highest BCUT2D eigenvalue weighted by Gasteiger charge is 2.22. The van der Waals surface area contributed by atoms with E-state index in [4.69, 9.17) is 10.5 Å². The van der Waals surface area contributed by atoms with E-state index in [9.17, 15) is 14.4 Å². The summed E-state index contributed by atoms with van der Waals surface area (Å²) in [5.74, 6) is -1.41. The molecule has 0 aromatic heterocycles. The number of rotatable bonds is 3. The van der Waals surface area contributed by atoms with Crippen LogP contribution in [0.4, 0.5) is 4.79 Å². The van der Waals surface area contributed by atoms with E-state index in [2.05, 4.69) is 0 Å². The second kappa shape index (κ2) is 6.60. The zero-order valence-corrected chi connectivity index (χ0v) is 13.5. The first-order valence-corrected chi connectivity index (χ1v) is 7.69. The summed E-state index contributed by atoms with van der Waals surface area (Å²) in [5, 5.41) is 5.14. The van der Waals surface area contributed by atoms with Crippen molar-refractivity contribution in [2.75, 3.05) is 0 Å². The zero-order chi connectivity index (χ0) is 18.0. The quantitative estimate of drug-likeness (QED) is 0.567. The van der Waals surface area contributed by atoms with Crippen LogP contribution in [-0.4, -0.2) is 24.0 Å². The first-order chi connectivity index (χ1) is 12.0. The van der Waals surface area contributed by atoms with E-state index in [0.717, 1.165) is 21.5 Å². The number of hydrogen-bond donors (Lipinski definition) is 2. The number of fused-ring (bicyclic) bond motifs is 2. The molecule has 3 amide bonds. The Morgan fingerprint density at radius 3 is 2.00 bits per heavy atom. The molecule has 0 aliphatic rings. The molecule has 25 heavy (non-hydrogen) atoms. The van der Waals surface area contributed by atoms with Gasteiger partial charge in [-0.05, 0) is 34.5 Å². The standard InChI is InChI=1S/C19H16N2O4/c1-11(17(22)21-19(20)24)25-18(23)16-14-8-4-2-6-12(14)10-13-7-3-5-9-15(13)16/h2-11H,1H3,(H3,20,21,22,24)/t11-/m1/s1. The fraction of sp³-hybridized carbons (Fsp3) is 0.105. The lowest BCUT2D eigenvalue weighted by Gasteiger charge is -2.15. The molecule has 0 radical (unpaired) electrons. The molecule has 0 aliphatic carbocycles. The van der Waals surface area contributed by atoms with Crippen LogP contribution in [0, 0.1) is 0 Å². The minimum atomic E-state index is -1.15. The topological polar surface area (TPSA) is 98.5 Å². The molecule has 0 aliphatic heterocycles. The number of hydrogen-bond acceptors (Lipinski definition) is 4. The molecule has 3 aromatic carbocycles. The SMILES string of the molecule is C[C@@H](OC(=O)c1c2ccccc2cc2ccccc12)C(=O)NC(N)=O. The van der Waals surface area contributed by atoms with E-state index in [-0.39, 0.29) is 0 Å². The maximum Gasteiger partial charge on any atom is 0.340 e. The van der Waals surface area contributed by atoms with E-state index in [1.165, 1.54) is 6.92 Å². The van der Waals surface area contributed by atoms with Gasteiger partial charge in [-0.1, -0.05) is 48.5 Å². The van der Waals surface area contributed by atoms with Gasteiger partial charge in [0.05, 0.1) is 5.56 Å². The van der Waals surface area contributed by atoms with Gasteiger partial charge in [-0.3, -0.25) is 10.1 Å². The van der Waals surface area contributed by atoms with Crippen molar-refractivity contribution in [1.82, 2.24) is 5.32 Å². The Hall–Kier alpha value is -3.41. The highest BCUT2D eigenvalue weighted by molar-refractivity contribution is 6.16. The number of esters is 1. The number of urea groups is 1. The van der Waals surface area contributed by atoms with Crippen molar-refractivity contribution in [3.05, 3.63) is 60.2 Å². The summed E-state index contributed by atoms with van der Waals surface area (Å²) < 4.78 is 5.26. The molecule has 0 fully saturated rings. The summed E-state index contributed by atoms with van der Waals surface area (Å²) in [6.45, 7) is 1.38. The number of imide groups is 1. The van der Waals surface area contributed by atoms with E-state index in [0.29, 0.717) is 5.56 Å². The van der Waals surface area contributed by atoms with Gasteiger partial charge >= 0.3 is 12.0 Å². The molecule has 6 nitrogen and oxygen atoms in total. The van der Waals surface area contributed by atoms with Crippen molar-refractivity contribution in [3.8, 4) is 0 Å². The van der Waals surface area contributed by atoms with Crippen LogP contribution in [0.5, 0.6) is 0 Å². The maximum absolute atomic E-state index is 12.8. The average molecular weight is 336 g/mol. The predicted molar refractivity (Wildman–Crippen MR) is 94.1 cm³/mol. The molecule has 0 bridgehead atoms. The van der Waals surface area contributed by atoms with Gasteiger partial charge in [-0.25, -0.2) is 9.59 Å². The minimum absolute atomic E-state index is 0.382. The Kier molecular flexibility index (Phi) is 4.35. The average Bonchev–Trinajstić information content (AvgIpc) is 2.58. The molecule has 3 rings (SSSR count). The Bertz CT molecular complexity index is 943. The smallest absolute Gasteiger partial charge is 0.340 e. The fourth-order valence-corrected chi connectivity index (χ4v) is 2.73. The third kappa shape index (κ3) is 3.28. The third-order valence-corrected chi connectivity index (χ3v) is 3.87. The van der Waals surface area contributed by atoms with Crippen molar-refractivity contribution >= 4 is 39.5 Å². The number of nitrogens with one attached hydrogen (secondary N) is 1. The molecule has 0 spiro atoms. The van der Waals surface area contributed by atoms with Crippen LogP contribution in [0.1, 0.15) is 17.3 Å². The molecule has 0 saturated heterocycles. The predicted octanol–water partition coefficient (Wildman–Crippen LogP) is 2.73. The molecule has 3 aromatic rings. The molecule has 0 saturated carbocycles. The largest absolute Gasteiger partial charge is 0.449 e. The van der Waals surface area contributed by atoms with Crippen molar-refractivity contribution in [2.24, 2.45) is 5.73 Å². The number of amides is 3. The second-order valence-electron chi connectivity index (χ2n) is 5.59. The number of carbonyl (C=O) groups excluding carboxylic acids is 3. The molecule has 0 unspecified atom stereocenters. The van der Waals surface area contributed by atoms with E-state index < -0.39 is 24.0 Å². The minimum Gasteiger partial charge on any atom is -0.449 e. The first kappa shape index (κ1) is 16.4. The van der Waals surface area contributed by atoms with Gasteiger partial charge in [0.15, 0.2) is 6.10 Å². The van der Waals surface area contributed by atoms with Gasteiger partial charge in [0.25, 0.3) is 5.91 Å². The van der Waals surface area contributed by atoms with Gasteiger partial charge in [0.2, 0.25) is 0 Å². The fourth-order valence-electron chi connectivity index (χ4n) is 2.73. The molecule has 6 heteroatoms. The Morgan fingerprint density at radius 2 is 1.48 bits per heavy atom. The molecule has 126 valence electrons. The van der Waals surface area contributed by atoms with Crippen LogP contribution < -0.4 is 11.1 Å². The number of primary amides is 1. The molecule has 3 N–H and O–H groups in total. The van der Waals surface area contributed by atoms with Crippen LogP contribution in [-0.2, 0) is 9.53 Å². The van der Waals surface area contributed by atoms with Gasteiger partial charge in [0.1, 0.15) is 0 Å². The van der Waals surface area contributed by atoms with E-state index in [1.807, 2.05) is 59.9 Å². The summed E-state index contributed by atoms with van der Waals surface area (Å²) in [6.07, 6.45) is -1.15. The number of ether oxygens (including phenoxy) is 1. The molecular weight excluding hydrogens is 320 g/mol. The van der Waals surface area contributed by atoms with Crippen LogP contribution in [0.25, 0.3) is 21.5 Å². The summed E-state index contributed by atoms with van der Waals surface area (Å²) >= 11 is 0. The highest BCUT2D eigenvalue weighted by atomic mass is 16.5. The zero-order valence-electron chi connectivity index (χ0n) is 13.5. The van der Waals surface area contributed by atoms with Gasteiger partial charge in [-0.2, -0.15) is 0 Å². The van der Waals surface area contributed by atoms with Gasteiger partial charge in [-0.15, -0.1) is 0 Å². The summed E-state index contributed by atoms with van der Waals surface area (Å²) in [7, 11) is 0. The van der Waals surface area contributed by atoms with Crippen molar-refractivity contribution < 1.29 is 19.1 Å². The van der Waals surface area contributed by atoms with E-state index in [1.54, 1.807) is 0 Å². The van der Waals surface area contributed by atoms with Gasteiger partial charge < -0.3 is 10.5 Å². The highest BCUT2D eigenvalue weighted by Crippen LogP contribution is 2.29. The summed E-state index contributed by atoms with van der Waals surface area (Å²) in [4.78, 5) is 35.3. The first-order valence-electron chi connectivity index (χ1n) is 7.69. The van der Waals surface area contributed by atoms with Crippen LogP contribution in [0.3, 0.4) is 0 Å². The Balaban J connectivity index is 2.05. The molecule has 0 heterocycles. The lowest BCUT2D eigenvalue weighted by molar-refractivity contribution is -0.127. The van der Waals surface area contributed by atoms with Crippen molar-refractivity contribution in [1.29, 1.82) is 0 Å². The normalized spacial score (nSPS) is 11.9. The lowest BCUT2D eigenvalue weighted by atomic mass is 9.97. The second-order valence-corrected chi connectivity index (χ2v) is 5.59. The lowest BCUT2D eigenvalue weighted by Crippen LogP contribution is -2.42. The number of benzene rings is 3. The Morgan fingerprint density at radius 1 is 0.960 bits per heavy atom. The molecular formula is C19H16N2O4. The Labute approximate surface area is 143 Å². The number of nitrogens with two attached hydrogens (primary N) is 1. The number of carbonyl (C=O) groups is 3. The van der Waals surface area contributed by atoms with Crippen molar-refractivity contribution in [3.63, 3.8) is 0 Å². The monoisotopic (exact) mass is 336 g/mol.